The Hall–Kier alpha value is -4.50. The molecule has 5 aromatic rings. The molecule has 0 fully saturated rings. The molecule has 0 bridgehead atoms. The van der Waals surface area contributed by atoms with Gasteiger partial charge in [0.05, 0.1) is 26.8 Å². The van der Waals surface area contributed by atoms with Crippen LogP contribution in [0, 0.1) is 6.92 Å². The summed E-state index contributed by atoms with van der Waals surface area (Å²) < 4.78 is 12.8. The van der Waals surface area contributed by atoms with Crippen LogP contribution in [0.4, 0.5) is 0 Å². The molecular formula is C31H34N6O3. The topological polar surface area (TPSA) is 98.2 Å². The van der Waals surface area contributed by atoms with Crippen LogP contribution in [0.25, 0.3) is 10.9 Å². The van der Waals surface area contributed by atoms with E-state index >= 15 is 0 Å². The minimum Gasteiger partial charge on any atom is -0.497 e. The summed E-state index contributed by atoms with van der Waals surface area (Å²) in [5.74, 6) is 2.33. The summed E-state index contributed by atoms with van der Waals surface area (Å²) in [6.45, 7) is 5.63. The molecule has 1 N–H and O–H groups in total. The van der Waals surface area contributed by atoms with E-state index in [-0.39, 0.29) is 11.6 Å². The zero-order valence-corrected chi connectivity index (χ0v) is 23.3. The first kappa shape index (κ1) is 27.1. The summed E-state index contributed by atoms with van der Waals surface area (Å²) in [5, 5.41) is 13.8. The normalized spacial score (nSPS) is 12.1. The Balaban J connectivity index is 1.53. The van der Waals surface area contributed by atoms with Gasteiger partial charge in [-0.05, 0) is 71.1 Å². The number of aromatic nitrogens is 5. The third kappa shape index (κ3) is 5.89. The second-order valence-electron chi connectivity index (χ2n) is 9.90. The third-order valence-corrected chi connectivity index (χ3v) is 7.19. The van der Waals surface area contributed by atoms with Crippen LogP contribution in [0.1, 0.15) is 47.5 Å². The smallest absolute Gasteiger partial charge is 0.252 e. The predicted octanol–water partition coefficient (Wildman–Crippen LogP) is 5.04. The van der Waals surface area contributed by atoms with Gasteiger partial charge in [0, 0.05) is 29.7 Å². The summed E-state index contributed by atoms with van der Waals surface area (Å²) in [5.41, 5.74) is 4.62. The third-order valence-electron chi connectivity index (χ3n) is 7.19. The van der Waals surface area contributed by atoms with E-state index in [0.717, 1.165) is 51.3 Å². The van der Waals surface area contributed by atoms with E-state index in [0.29, 0.717) is 25.2 Å². The Labute approximate surface area is 233 Å². The highest BCUT2D eigenvalue weighted by molar-refractivity contribution is 5.79. The van der Waals surface area contributed by atoms with Crippen molar-refractivity contribution in [1.82, 2.24) is 30.1 Å². The molecule has 9 nitrogen and oxygen atoms in total. The molecule has 206 valence electrons. The van der Waals surface area contributed by atoms with Crippen molar-refractivity contribution < 1.29 is 9.47 Å². The van der Waals surface area contributed by atoms with E-state index in [1.54, 1.807) is 14.2 Å². The van der Waals surface area contributed by atoms with Crippen LogP contribution >= 0.6 is 0 Å². The number of methoxy groups -OCH3 is 2. The van der Waals surface area contributed by atoms with Crippen LogP contribution in [0.15, 0.2) is 77.6 Å². The van der Waals surface area contributed by atoms with Crippen LogP contribution in [0.5, 0.6) is 11.5 Å². The first-order valence-corrected chi connectivity index (χ1v) is 13.4. The monoisotopic (exact) mass is 538 g/mol. The van der Waals surface area contributed by atoms with Gasteiger partial charge in [0.2, 0.25) is 0 Å². The molecule has 0 saturated heterocycles. The van der Waals surface area contributed by atoms with Gasteiger partial charge in [0.1, 0.15) is 11.5 Å². The van der Waals surface area contributed by atoms with E-state index in [1.165, 1.54) is 0 Å². The fourth-order valence-electron chi connectivity index (χ4n) is 5.11. The van der Waals surface area contributed by atoms with Crippen LogP contribution in [-0.4, -0.2) is 44.3 Å². The zero-order chi connectivity index (χ0) is 28.1. The number of tetrazole rings is 1. The number of nitrogens with zero attached hydrogens (tertiary/aromatic N) is 5. The van der Waals surface area contributed by atoms with Gasteiger partial charge in [-0.1, -0.05) is 48.9 Å². The number of ether oxygens (including phenoxy) is 2. The Bertz CT molecular complexity index is 1640. The van der Waals surface area contributed by atoms with Crippen LogP contribution in [-0.2, 0) is 19.6 Å². The van der Waals surface area contributed by atoms with Gasteiger partial charge >= 0.3 is 0 Å². The zero-order valence-electron chi connectivity index (χ0n) is 23.3. The molecule has 2 heterocycles. The molecule has 0 unspecified atom stereocenters. The average molecular weight is 539 g/mol. The lowest BCUT2D eigenvalue weighted by Crippen LogP contribution is -2.32. The molecule has 1 atom stereocenters. The first-order chi connectivity index (χ1) is 19.5. The molecule has 0 aliphatic carbocycles. The van der Waals surface area contributed by atoms with E-state index < -0.39 is 0 Å². The number of aromatic amines is 1. The Morgan fingerprint density at radius 1 is 0.950 bits per heavy atom. The molecule has 9 heteroatoms. The van der Waals surface area contributed by atoms with Crippen LogP contribution < -0.4 is 15.0 Å². The van der Waals surface area contributed by atoms with Gasteiger partial charge in [0.15, 0.2) is 5.82 Å². The summed E-state index contributed by atoms with van der Waals surface area (Å²) in [4.78, 5) is 18.5. The molecule has 0 aliphatic rings. The fraction of sp³-hybridized carbons (Fsp3) is 0.290. The Kier molecular flexibility index (Phi) is 8.21. The lowest BCUT2D eigenvalue weighted by Gasteiger charge is -2.30. The number of pyridine rings is 1. The molecule has 0 aliphatic heterocycles. The van der Waals surface area contributed by atoms with Crippen molar-refractivity contribution in [2.45, 2.75) is 45.9 Å². The second-order valence-corrected chi connectivity index (χ2v) is 9.90. The maximum Gasteiger partial charge on any atom is 0.252 e. The van der Waals surface area contributed by atoms with Crippen molar-refractivity contribution in [3.8, 4) is 11.5 Å². The number of benzene rings is 3. The number of H-pyrrole nitrogens is 1. The largest absolute Gasteiger partial charge is 0.497 e. The lowest BCUT2D eigenvalue weighted by molar-refractivity contribution is 0.159. The summed E-state index contributed by atoms with van der Waals surface area (Å²) in [6.07, 6.45) is 0.739. The van der Waals surface area contributed by atoms with E-state index in [1.807, 2.05) is 78.3 Å². The minimum atomic E-state index is -0.161. The van der Waals surface area contributed by atoms with E-state index in [4.69, 9.17) is 9.47 Å². The van der Waals surface area contributed by atoms with Gasteiger partial charge in [0.25, 0.3) is 5.56 Å². The van der Waals surface area contributed by atoms with Gasteiger partial charge in [-0.15, -0.1) is 5.10 Å². The number of nitrogens with one attached hydrogen (secondary N) is 1. The van der Waals surface area contributed by atoms with Crippen molar-refractivity contribution in [2.75, 3.05) is 14.2 Å². The highest BCUT2D eigenvalue weighted by Gasteiger charge is 2.27. The van der Waals surface area contributed by atoms with Gasteiger partial charge in [-0.25, -0.2) is 4.68 Å². The molecule has 3 aromatic carbocycles. The van der Waals surface area contributed by atoms with Crippen molar-refractivity contribution in [3.63, 3.8) is 0 Å². The molecule has 0 amide bonds. The second kappa shape index (κ2) is 12.1. The quantitative estimate of drug-likeness (QED) is 0.252. The summed E-state index contributed by atoms with van der Waals surface area (Å²) in [6, 6.07) is 23.7. The Morgan fingerprint density at radius 2 is 1.73 bits per heavy atom. The number of para-hydroxylation sites is 1. The highest BCUT2D eigenvalue weighted by Crippen LogP contribution is 2.29. The van der Waals surface area contributed by atoms with Gasteiger partial charge in [-0.2, -0.15) is 0 Å². The number of hydrogen-bond acceptors (Lipinski definition) is 7. The van der Waals surface area contributed by atoms with Gasteiger partial charge < -0.3 is 14.5 Å². The highest BCUT2D eigenvalue weighted by atomic mass is 16.5. The van der Waals surface area contributed by atoms with E-state index in [2.05, 4.69) is 38.4 Å². The average Bonchev–Trinajstić information content (AvgIpc) is 3.42. The maximum absolute atomic E-state index is 13.2. The van der Waals surface area contributed by atoms with Crippen molar-refractivity contribution >= 4 is 10.9 Å². The molecule has 0 spiro atoms. The standard InChI is InChI=1S/C31H34N6O3/c1-5-28(30-33-34-35-37(30)18-22-11-13-26(39-3)14-12-22)36(19-23-8-6-7-9-29(23)40-4)20-25-17-24-16-21(2)10-15-27(24)32-31(25)38/h6-17,28H,5,18-20H2,1-4H3,(H,32,38)/t28-/m1/s1. The van der Waals surface area contributed by atoms with Gasteiger partial charge in [-0.3, -0.25) is 9.69 Å². The Morgan fingerprint density at radius 3 is 2.48 bits per heavy atom. The number of fused-ring (bicyclic) bond motifs is 1. The maximum atomic E-state index is 13.2. The number of hydrogen-bond donors (Lipinski definition) is 1. The van der Waals surface area contributed by atoms with Crippen molar-refractivity contribution in [1.29, 1.82) is 0 Å². The van der Waals surface area contributed by atoms with Crippen LogP contribution in [0.3, 0.4) is 0 Å². The fourth-order valence-corrected chi connectivity index (χ4v) is 5.11. The van der Waals surface area contributed by atoms with E-state index in [9.17, 15) is 4.79 Å². The summed E-state index contributed by atoms with van der Waals surface area (Å²) in [7, 11) is 3.32. The minimum absolute atomic E-state index is 0.103. The molecule has 0 radical (unpaired) electrons. The van der Waals surface area contributed by atoms with Crippen LogP contribution in [0.2, 0.25) is 0 Å². The lowest BCUT2D eigenvalue weighted by atomic mass is 10.1. The number of aryl methyl sites for hydroxylation is 1. The molecule has 5 rings (SSSR count). The number of rotatable bonds is 11. The molecule has 2 aromatic heterocycles. The molecular weight excluding hydrogens is 504 g/mol. The first-order valence-electron chi connectivity index (χ1n) is 13.4. The molecule has 0 saturated carbocycles. The van der Waals surface area contributed by atoms with Crippen molar-refractivity contribution in [2.24, 2.45) is 0 Å². The SMILES string of the molecule is CC[C@H](c1nnnn1Cc1ccc(OC)cc1)N(Cc1ccccc1OC)Cc1cc2cc(C)ccc2[nH]c1=O. The molecule has 40 heavy (non-hydrogen) atoms. The summed E-state index contributed by atoms with van der Waals surface area (Å²) >= 11 is 0. The predicted molar refractivity (Wildman–Crippen MR) is 154 cm³/mol. The van der Waals surface area contributed by atoms with Crippen molar-refractivity contribution in [3.05, 3.63) is 111 Å².